The zero-order valence-corrected chi connectivity index (χ0v) is 13.7. The highest BCUT2D eigenvalue weighted by Crippen LogP contribution is 2.32. The molecular weight excluding hydrogens is 330 g/mol. The van der Waals surface area contributed by atoms with Crippen LogP contribution < -0.4 is 10.0 Å². The second-order valence-corrected chi connectivity index (χ2v) is 7.53. The molecule has 9 heteroatoms. The van der Waals surface area contributed by atoms with Crippen LogP contribution >= 0.6 is 11.6 Å². The van der Waals surface area contributed by atoms with Gasteiger partial charge in [0.1, 0.15) is 9.92 Å². The van der Waals surface area contributed by atoms with Crippen molar-refractivity contribution in [2.75, 3.05) is 19.6 Å². The Morgan fingerprint density at radius 1 is 1.50 bits per heavy atom. The number of aryl methyl sites for hydroxylation is 1. The topological polar surface area (TPSA) is 101 Å². The zero-order chi connectivity index (χ0) is 16.3. The van der Waals surface area contributed by atoms with Crippen LogP contribution in [0.3, 0.4) is 0 Å². The largest absolute Gasteiger partial charge is 0.316 e. The highest BCUT2D eigenvalue weighted by atomic mass is 35.5. The summed E-state index contributed by atoms with van der Waals surface area (Å²) in [4.78, 5) is 10.0. The number of sulfonamides is 1. The van der Waals surface area contributed by atoms with Gasteiger partial charge in [0.15, 0.2) is 0 Å². The second kappa shape index (κ2) is 6.91. The average Bonchev–Trinajstić information content (AvgIpc) is 2.48. The van der Waals surface area contributed by atoms with Gasteiger partial charge in [0, 0.05) is 12.6 Å². The first-order valence-electron chi connectivity index (χ1n) is 6.96. The third-order valence-electron chi connectivity index (χ3n) is 3.61. The van der Waals surface area contributed by atoms with Gasteiger partial charge in [0.25, 0.3) is 5.69 Å². The lowest BCUT2D eigenvalue weighted by Gasteiger charge is -2.23. The van der Waals surface area contributed by atoms with Crippen LogP contribution in [0.15, 0.2) is 17.0 Å². The number of hydrogen-bond donors (Lipinski definition) is 2. The summed E-state index contributed by atoms with van der Waals surface area (Å²) in [5, 5.41) is 13.8. The normalized spacial score (nSPS) is 19.1. The zero-order valence-electron chi connectivity index (χ0n) is 12.1. The van der Waals surface area contributed by atoms with E-state index in [1.54, 1.807) is 6.92 Å². The maximum atomic E-state index is 12.4. The summed E-state index contributed by atoms with van der Waals surface area (Å²) < 4.78 is 27.3. The summed E-state index contributed by atoms with van der Waals surface area (Å²) in [5.74, 6) is 0.210. The number of hydrogen-bond acceptors (Lipinski definition) is 5. The molecule has 0 spiro atoms. The van der Waals surface area contributed by atoms with Gasteiger partial charge in [0.05, 0.1) is 4.92 Å². The third kappa shape index (κ3) is 3.95. The molecule has 0 radical (unpaired) electrons. The van der Waals surface area contributed by atoms with E-state index in [0.29, 0.717) is 5.56 Å². The quantitative estimate of drug-likeness (QED) is 0.625. The average molecular weight is 348 g/mol. The molecular formula is C13H18ClN3O4S. The molecule has 1 heterocycles. The fraction of sp³-hybridized carbons (Fsp3) is 0.538. The molecule has 0 aliphatic carbocycles. The van der Waals surface area contributed by atoms with Gasteiger partial charge in [-0.25, -0.2) is 13.1 Å². The van der Waals surface area contributed by atoms with Crippen molar-refractivity contribution in [1.29, 1.82) is 0 Å². The van der Waals surface area contributed by atoms with Crippen LogP contribution in [0.25, 0.3) is 0 Å². The molecule has 22 heavy (non-hydrogen) atoms. The van der Waals surface area contributed by atoms with Crippen LogP contribution in [0.1, 0.15) is 18.4 Å². The standard InChI is InChI=1S/C13H18ClN3O4S/c1-9-5-11(17(18)19)13(14)12(6-9)22(20,21)16-8-10-3-2-4-15-7-10/h5-6,10,15-16H,2-4,7-8H2,1H3. The smallest absolute Gasteiger partial charge is 0.289 e. The minimum absolute atomic E-state index is 0.210. The molecule has 1 unspecified atom stereocenters. The van der Waals surface area contributed by atoms with E-state index >= 15 is 0 Å². The summed E-state index contributed by atoms with van der Waals surface area (Å²) in [5.41, 5.74) is 0.0668. The SMILES string of the molecule is Cc1cc([N+](=O)[O-])c(Cl)c(S(=O)(=O)NCC2CCCNC2)c1. The van der Waals surface area contributed by atoms with Crippen LogP contribution in [0, 0.1) is 23.0 Å². The molecule has 2 rings (SSSR count). The van der Waals surface area contributed by atoms with E-state index in [9.17, 15) is 18.5 Å². The first-order chi connectivity index (χ1) is 10.3. The first-order valence-corrected chi connectivity index (χ1v) is 8.82. The van der Waals surface area contributed by atoms with Crippen LogP contribution in [-0.4, -0.2) is 33.0 Å². The van der Waals surface area contributed by atoms with E-state index < -0.39 is 20.6 Å². The molecule has 0 aromatic heterocycles. The first kappa shape index (κ1) is 17.1. The number of nitro groups is 1. The molecule has 1 aliphatic rings. The fourth-order valence-corrected chi connectivity index (χ4v) is 4.22. The number of benzene rings is 1. The van der Waals surface area contributed by atoms with E-state index in [0.717, 1.165) is 25.9 Å². The van der Waals surface area contributed by atoms with Crippen molar-refractivity contribution in [3.8, 4) is 0 Å². The van der Waals surface area contributed by atoms with Crippen LogP contribution in [0.4, 0.5) is 5.69 Å². The summed E-state index contributed by atoms with van der Waals surface area (Å²) in [6.07, 6.45) is 1.94. The molecule has 2 N–H and O–H groups in total. The lowest BCUT2D eigenvalue weighted by molar-refractivity contribution is -0.385. The van der Waals surface area contributed by atoms with Crippen molar-refractivity contribution in [1.82, 2.24) is 10.0 Å². The third-order valence-corrected chi connectivity index (χ3v) is 5.57. The summed E-state index contributed by atoms with van der Waals surface area (Å²) >= 11 is 5.91. The van der Waals surface area contributed by atoms with Crippen molar-refractivity contribution >= 4 is 27.3 Å². The highest BCUT2D eigenvalue weighted by Gasteiger charge is 2.26. The van der Waals surface area contributed by atoms with E-state index in [1.165, 1.54) is 12.1 Å². The second-order valence-electron chi connectivity index (χ2n) is 5.42. The number of rotatable bonds is 5. The lowest BCUT2D eigenvalue weighted by atomic mass is 10.0. The number of halogens is 1. The fourth-order valence-electron chi connectivity index (χ4n) is 2.45. The van der Waals surface area contributed by atoms with Gasteiger partial charge in [-0.2, -0.15) is 0 Å². The van der Waals surface area contributed by atoms with E-state index in [1.807, 2.05) is 0 Å². The molecule has 1 atom stereocenters. The molecule has 1 aromatic rings. The lowest BCUT2D eigenvalue weighted by Crippen LogP contribution is -2.38. The summed E-state index contributed by atoms with van der Waals surface area (Å²) in [6, 6.07) is 2.60. The van der Waals surface area contributed by atoms with Crippen molar-refractivity contribution in [2.45, 2.75) is 24.7 Å². The molecule has 122 valence electrons. The molecule has 0 amide bonds. The monoisotopic (exact) mass is 347 g/mol. The molecule has 7 nitrogen and oxygen atoms in total. The Labute approximate surface area is 134 Å². The van der Waals surface area contributed by atoms with Gasteiger partial charge in [-0.15, -0.1) is 0 Å². The van der Waals surface area contributed by atoms with Crippen LogP contribution in [0.2, 0.25) is 5.02 Å². The Bertz CT molecular complexity index is 672. The molecule has 1 aliphatic heterocycles. The van der Waals surface area contributed by atoms with E-state index in [4.69, 9.17) is 11.6 Å². The number of nitro benzene ring substituents is 1. The highest BCUT2D eigenvalue weighted by molar-refractivity contribution is 7.89. The Kier molecular flexibility index (Phi) is 5.38. The predicted octanol–water partition coefficient (Wildman–Crippen LogP) is 1.83. The molecule has 1 fully saturated rings. The molecule has 1 saturated heterocycles. The van der Waals surface area contributed by atoms with E-state index in [2.05, 4.69) is 10.0 Å². The van der Waals surface area contributed by atoms with Crippen molar-refractivity contribution in [3.05, 3.63) is 32.8 Å². The van der Waals surface area contributed by atoms with Gasteiger partial charge in [-0.3, -0.25) is 10.1 Å². The summed E-state index contributed by atoms with van der Waals surface area (Å²) in [6.45, 7) is 3.57. The van der Waals surface area contributed by atoms with Crippen molar-refractivity contribution in [3.63, 3.8) is 0 Å². The Hall–Kier alpha value is -1.22. The maximum Gasteiger partial charge on any atom is 0.289 e. The van der Waals surface area contributed by atoms with Gasteiger partial charge in [-0.1, -0.05) is 11.6 Å². The van der Waals surface area contributed by atoms with Crippen molar-refractivity contribution in [2.24, 2.45) is 5.92 Å². The molecule has 0 saturated carbocycles. The van der Waals surface area contributed by atoms with Gasteiger partial charge < -0.3 is 5.32 Å². The Morgan fingerprint density at radius 2 is 2.23 bits per heavy atom. The minimum atomic E-state index is -3.88. The van der Waals surface area contributed by atoms with Crippen molar-refractivity contribution < 1.29 is 13.3 Å². The predicted molar refractivity (Wildman–Crippen MR) is 83.6 cm³/mol. The minimum Gasteiger partial charge on any atom is -0.316 e. The Morgan fingerprint density at radius 3 is 2.82 bits per heavy atom. The number of nitrogens with one attached hydrogen (secondary N) is 2. The Balaban J connectivity index is 2.23. The molecule has 1 aromatic carbocycles. The molecule has 0 bridgehead atoms. The number of piperidine rings is 1. The van der Waals surface area contributed by atoms with Gasteiger partial charge in [0.2, 0.25) is 10.0 Å². The number of nitrogens with zero attached hydrogens (tertiary/aromatic N) is 1. The van der Waals surface area contributed by atoms with E-state index in [-0.39, 0.29) is 22.4 Å². The van der Waals surface area contributed by atoms with Gasteiger partial charge in [-0.05, 0) is 50.4 Å². The van der Waals surface area contributed by atoms with Crippen LogP contribution in [0.5, 0.6) is 0 Å². The van der Waals surface area contributed by atoms with Gasteiger partial charge >= 0.3 is 0 Å². The van der Waals surface area contributed by atoms with Crippen LogP contribution in [-0.2, 0) is 10.0 Å². The summed E-state index contributed by atoms with van der Waals surface area (Å²) in [7, 11) is -3.88. The maximum absolute atomic E-state index is 12.4.